The van der Waals surface area contributed by atoms with Crippen LogP contribution in [0.5, 0.6) is 0 Å². The molecule has 23 heavy (non-hydrogen) atoms. The summed E-state index contributed by atoms with van der Waals surface area (Å²) in [5.41, 5.74) is 3.90. The molecule has 3 aromatic rings. The number of fused-ring (bicyclic) bond motifs is 1. The largest absolute Gasteiger partial charge is 0.290 e. The number of nitrogens with one attached hydrogen (secondary N) is 1. The number of hydrazine groups is 1. The second kappa shape index (κ2) is 6.26. The third kappa shape index (κ3) is 3.18. The Morgan fingerprint density at radius 2 is 1.96 bits per heavy atom. The molecule has 0 bridgehead atoms. The minimum absolute atomic E-state index is 0.124. The highest BCUT2D eigenvalue weighted by molar-refractivity contribution is 5.94. The van der Waals surface area contributed by atoms with Crippen molar-refractivity contribution in [1.82, 2.24) is 10.4 Å². The molecule has 0 aliphatic rings. The van der Waals surface area contributed by atoms with Gasteiger partial charge in [0, 0.05) is 22.7 Å². The molecule has 1 heterocycles. The summed E-state index contributed by atoms with van der Waals surface area (Å²) in [5, 5.41) is 0.955. The van der Waals surface area contributed by atoms with Crippen LogP contribution in [0.2, 0.25) is 0 Å². The molecule has 5 heteroatoms. The van der Waals surface area contributed by atoms with E-state index in [1.807, 2.05) is 35.8 Å². The number of nitrogens with two attached hydrogens (primary N) is 1. The van der Waals surface area contributed by atoms with E-state index in [1.54, 1.807) is 6.20 Å². The molecule has 0 aliphatic carbocycles. The van der Waals surface area contributed by atoms with Gasteiger partial charge in [0.25, 0.3) is 5.91 Å². The molecular weight excluding hydrogens is 293 g/mol. The van der Waals surface area contributed by atoms with Crippen LogP contribution in [0.25, 0.3) is 10.9 Å². The Balaban J connectivity index is 1.98. The molecule has 0 atom stereocenters. The van der Waals surface area contributed by atoms with Gasteiger partial charge in [0.15, 0.2) is 0 Å². The summed E-state index contributed by atoms with van der Waals surface area (Å²) >= 11 is 0. The zero-order valence-electron chi connectivity index (χ0n) is 12.0. The molecule has 0 saturated heterocycles. The third-order valence-electron chi connectivity index (χ3n) is 3.29. The summed E-state index contributed by atoms with van der Waals surface area (Å²) < 4.78 is 13.8. The lowest BCUT2D eigenvalue weighted by atomic mass is 10.1. The van der Waals surface area contributed by atoms with Gasteiger partial charge in [-0.1, -0.05) is 30.0 Å². The maximum atomic E-state index is 13.8. The number of amides is 1. The number of nitrogen functional groups attached to an aromatic ring is 1. The lowest BCUT2D eigenvalue weighted by Gasteiger charge is -2.01. The van der Waals surface area contributed by atoms with Crippen molar-refractivity contribution < 1.29 is 9.18 Å². The smallest absolute Gasteiger partial charge is 0.265 e. The zero-order chi connectivity index (χ0) is 16.2. The highest BCUT2D eigenvalue weighted by Gasteiger charge is 2.07. The predicted molar refractivity (Wildman–Crippen MR) is 85.8 cm³/mol. The molecule has 0 fully saturated rings. The van der Waals surface area contributed by atoms with Crippen LogP contribution in [0.15, 0.2) is 54.7 Å². The van der Waals surface area contributed by atoms with Gasteiger partial charge in [-0.15, -0.1) is 0 Å². The van der Waals surface area contributed by atoms with E-state index in [1.165, 1.54) is 18.2 Å². The van der Waals surface area contributed by atoms with Crippen LogP contribution in [0.4, 0.5) is 4.39 Å². The number of pyridine rings is 1. The molecule has 0 unspecified atom stereocenters. The number of benzene rings is 2. The zero-order valence-corrected chi connectivity index (χ0v) is 12.0. The molecule has 112 valence electrons. The standard InChI is InChI=1S/C18H12FN3O/c19-16-8-7-15(18(23)22-20)10-13(16)6-5-12-9-14-3-1-2-4-17(14)21-11-12/h1-4,7-11H,20H2,(H,22,23). The number of aromatic nitrogens is 1. The number of halogens is 1. The van der Waals surface area contributed by atoms with E-state index >= 15 is 0 Å². The Bertz CT molecular complexity index is 957. The molecule has 0 aliphatic heterocycles. The summed E-state index contributed by atoms with van der Waals surface area (Å²) in [4.78, 5) is 15.8. The van der Waals surface area contributed by atoms with Crippen molar-refractivity contribution in [3.8, 4) is 11.8 Å². The van der Waals surface area contributed by atoms with E-state index in [9.17, 15) is 9.18 Å². The maximum absolute atomic E-state index is 13.8. The van der Waals surface area contributed by atoms with Gasteiger partial charge in [0.2, 0.25) is 0 Å². The van der Waals surface area contributed by atoms with Gasteiger partial charge in [0.05, 0.1) is 11.1 Å². The topological polar surface area (TPSA) is 68.0 Å². The minimum Gasteiger partial charge on any atom is -0.290 e. The SMILES string of the molecule is NNC(=O)c1ccc(F)c(C#Cc2cnc3ccccc3c2)c1. The van der Waals surface area contributed by atoms with Gasteiger partial charge in [-0.25, -0.2) is 10.2 Å². The second-order valence-electron chi connectivity index (χ2n) is 4.83. The lowest BCUT2D eigenvalue weighted by Crippen LogP contribution is -2.30. The number of nitrogens with zero attached hydrogens (tertiary/aromatic N) is 1. The molecular formula is C18H12FN3O. The Hall–Kier alpha value is -3.23. The molecule has 0 saturated carbocycles. The van der Waals surface area contributed by atoms with Crippen LogP contribution >= 0.6 is 0 Å². The van der Waals surface area contributed by atoms with E-state index < -0.39 is 11.7 Å². The minimum atomic E-state index is -0.500. The van der Waals surface area contributed by atoms with Gasteiger partial charge >= 0.3 is 0 Å². The second-order valence-corrected chi connectivity index (χ2v) is 4.83. The van der Waals surface area contributed by atoms with Gasteiger partial charge in [0.1, 0.15) is 5.82 Å². The highest BCUT2D eigenvalue weighted by Crippen LogP contribution is 2.13. The normalized spacial score (nSPS) is 10.0. The summed E-state index contributed by atoms with van der Waals surface area (Å²) in [5.74, 6) is 9.66. The van der Waals surface area contributed by atoms with Crippen LogP contribution in [-0.2, 0) is 0 Å². The van der Waals surface area contributed by atoms with E-state index in [2.05, 4.69) is 16.8 Å². The van der Waals surface area contributed by atoms with Crippen molar-refractivity contribution in [2.75, 3.05) is 0 Å². The fraction of sp³-hybridized carbons (Fsp3) is 0. The van der Waals surface area contributed by atoms with Crippen LogP contribution in [0.1, 0.15) is 21.5 Å². The van der Waals surface area contributed by atoms with Crippen molar-refractivity contribution in [3.05, 3.63) is 77.2 Å². The first kappa shape index (κ1) is 14.7. The van der Waals surface area contributed by atoms with Crippen LogP contribution in [0.3, 0.4) is 0 Å². The first-order valence-electron chi connectivity index (χ1n) is 6.84. The van der Waals surface area contributed by atoms with Crippen molar-refractivity contribution in [2.45, 2.75) is 0 Å². The molecule has 1 aromatic heterocycles. The molecule has 3 rings (SSSR count). The first-order valence-corrected chi connectivity index (χ1v) is 6.84. The third-order valence-corrected chi connectivity index (χ3v) is 3.29. The highest BCUT2D eigenvalue weighted by atomic mass is 19.1. The predicted octanol–water partition coefficient (Wildman–Crippen LogP) is 2.38. The molecule has 2 aromatic carbocycles. The molecule has 4 nitrogen and oxygen atoms in total. The number of rotatable bonds is 1. The fourth-order valence-corrected chi connectivity index (χ4v) is 2.12. The average molecular weight is 305 g/mol. The molecule has 3 N–H and O–H groups in total. The maximum Gasteiger partial charge on any atom is 0.265 e. The summed E-state index contributed by atoms with van der Waals surface area (Å²) in [7, 11) is 0. The molecule has 1 amide bonds. The Labute approximate surface area is 132 Å². The number of para-hydroxylation sites is 1. The summed E-state index contributed by atoms with van der Waals surface area (Å²) in [6.45, 7) is 0. The monoisotopic (exact) mass is 305 g/mol. The fourth-order valence-electron chi connectivity index (χ4n) is 2.12. The van der Waals surface area contributed by atoms with E-state index in [0.717, 1.165) is 10.9 Å². The number of carbonyl (C=O) groups is 1. The van der Waals surface area contributed by atoms with E-state index in [0.29, 0.717) is 5.56 Å². The summed E-state index contributed by atoms with van der Waals surface area (Å²) in [6, 6.07) is 13.4. The van der Waals surface area contributed by atoms with Crippen molar-refractivity contribution >= 4 is 16.8 Å². The molecule has 0 spiro atoms. The van der Waals surface area contributed by atoms with E-state index in [4.69, 9.17) is 5.84 Å². The average Bonchev–Trinajstić information content (AvgIpc) is 2.60. The number of hydrogen-bond donors (Lipinski definition) is 2. The number of hydrogen-bond acceptors (Lipinski definition) is 3. The quantitative estimate of drug-likeness (QED) is 0.314. The lowest BCUT2D eigenvalue weighted by molar-refractivity contribution is 0.0953. The molecule has 0 radical (unpaired) electrons. The van der Waals surface area contributed by atoms with Gasteiger partial charge in [-0.2, -0.15) is 0 Å². The number of carbonyl (C=O) groups excluding carboxylic acids is 1. The van der Waals surface area contributed by atoms with E-state index in [-0.39, 0.29) is 11.1 Å². The van der Waals surface area contributed by atoms with Crippen molar-refractivity contribution in [1.29, 1.82) is 0 Å². The van der Waals surface area contributed by atoms with Crippen LogP contribution in [0, 0.1) is 17.7 Å². The van der Waals surface area contributed by atoms with Crippen molar-refractivity contribution in [2.24, 2.45) is 5.84 Å². The van der Waals surface area contributed by atoms with Gasteiger partial charge in [-0.05, 0) is 30.3 Å². The van der Waals surface area contributed by atoms with Crippen molar-refractivity contribution in [3.63, 3.8) is 0 Å². The van der Waals surface area contributed by atoms with Gasteiger partial charge < -0.3 is 0 Å². The first-order chi connectivity index (χ1) is 11.2. The Morgan fingerprint density at radius 1 is 1.13 bits per heavy atom. The Morgan fingerprint density at radius 3 is 2.78 bits per heavy atom. The van der Waals surface area contributed by atoms with Crippen LogP contribution in [-0.4, -0.2) is 10.9 Å². The van der Waals surface area contributed by atoms with Crippen LogP contribution < -0.4 is 11.3 Å². The Kier molecular flexibility index (Phi) is 4.00. The summed E-state index contributed by atoms with van der Waals surface area (Å²) in [6.07, 6.45) is 1.63. The van der Waals surface area contributed by atoms with Gasteiger partial charge in [-0.3, -0.25) is 15.2 Å².